The van der Waals surface area contributed by atoms with Crippen LogP contribution in [0.1, 0.15) is 52.5 Å². The van der Waals surface area contributed by atoms with E-state index in [9.17, 15) is 10.1 Å². The molecule has 1 fully saturated rings. The fourth-order valence-electron chi connectivity index (χ4n) is 4.38. The van der Waals surface area contributed by atoms with Crippen LogP contribution in [0.15, 0.2) is 41.2 Å². The number of pyridine rings is 1. The Hall–Kier alpha value is -3.74. The van der Waals surface area contributed by atoms with E-state index in [0.29, 0.717) is 35.8 Å². The van der Waals surface area contributed by atoms with Crippen molar-refractivity contribution in [1.29, 1.82) is 5.26 Å². The van der Waals surface area contributed by atoms with Crippen molar-refractivity contribution in [2.24, 2.45) is 10.7 Å². The maximum atomic E-state index is 11.9. The molecule has 9 heteroatoms. The number of benzene rings is 1. The third-order valence-corrected chi connectivity index (χ3v) is 6.16. The molecule has 2 aliphatic rings. The predicted molar refractivity (Wildman–Crippen MR) is 133 cm³/mol. The monoisotopic (exact) mass is 474 g/mol. The summed E-state index contributed by atoms with van der Waals surface area (Å²) in [5.74, 6) is 0.664. The molecule has 0 bridgehead atoms. The summed E-state index contributed by atoms with van der Waals surface area (Å²) in [6, 6.07) is 7.78. The van der Waals surface area contributed by atoms with Crippen LogP contribution in [-0.4, -0.2) is 54.4 Å². The molecule has 4 rings (SSSR count). The zero-order chi connectivity index (χ0) is 24.9. The van der Waals surface area contributed by atoms with Gasteiger partial charge in [0.15, 0.2) is 5.82 Å². The molecule has 0 aliphatic carbocycles. The number of nitrogens with two attached hydrogens (primary N) is 1. The third kappa shape index (κ3) is 5.50. The molecular formula is C26H30N6O3. The maximum absolute atomic E-state index is 11.9. The zero-order valence-corrected chi connectivity index (χ0v) is 20.2. The van der Waals surface area contributed by atoms with Gasteiger partial charge in [-0.1, -0.05) is 6.07 Å². The van der Waals surface area contributed by atoms with Crippen molar-refractivity contribution in [3.63, 3.8) is 0 Å². The Morgan fingerprint density at radius 2 is 2.31 bits per heavy atom. The van der Waals surface area contributed by atoms with E-state index in [4.69, 9.17) is 15.2 Å². The lowest BCUT2D eigenvalue weighted by molar-refractivity contribution is 0.0535. The normalized spacial score (nSPS) is 18.5. The van der Waals surface area contributed by atoms with Crippen molar-refractivity contribution in [1.82, 2.24) is 15.2 Å². The number of carbonyl (C=O) groups excluding carboxylic acids is 1. The number of cyclic esters (lactones) is 1. The van der Waals surface area contributed by atoms with Crippen molar-refractivity contribution in [2.45, 2.75) is 39.5 Å². The summed E-state index contributed by atoms with van der Waals surface area (Å²) < 4.78 is 10.9. The van der Waals surface area contributed by atoms with Gasteiger partial charge in [0.1, 0.15) is 24.0 Å². The van der Waals surface area contributed by atoms with Gasteiger partial charge in [-0.15, -0.1) is 0 Å². The number of ether oxygens (including phenoxy) is 2. The minimum absolute atomic E-state index is 0.0659. The van der Waals surface area contributed by atoms with E-state index in [1.807, 2.05) is 26.0 Å². The van der Waals surface area contributed by atoms with E-state index >= 15 is 0 Å². The molecule has 1 saturated heterocycles. The summed E-state index contributed by atoms with van der Waals surface area (Å²) in [6.07, 6.45) is 4.66. The lowest BCUT2D eigenvalue weighted by Crippen LogP contribution is -2.46. The van der Waals surface area contributed by atoms with Crippen molar-refractivity contribution >= 4 is 18.0 Å². The van der Waals surface area contributed by atoms with Crippen LogP contribution in [0.4, 0.5) is 5.82 Å². The van der Waals surface area contributed by atoms with Crippen molar-refractivity contribution in [3.8, 4) is 11.8 Å². The average Bonchev–Trinajstić information content (AvgIpc) is 3.23. The van der Waals surface area contributed by atoms with Crippen LogP contribution in [0.3, 0.4) is 0 Å². The number of rotatable bonds is 7. The second-order valence-electron chi connectivity index (χ2n) is 8.94. The zero-order valence-electron chi connectivity index (χ0n) is 20.2. The SMILES string of the molecule is Cc1c([C@@H]2CN(CC(C=Nc3cc(OC(C)C)c(C#N)cn3)=CN)CCN2)ccc2c1COC2=O. The molecule has 2 aliphatic heterocycles. The summed E-state index contributed by atoms with van der Waals surface area (Å²) in [4.78, 5) is 22.9. The molecule has 3 heterocycles. The molecule has 0 amide bonds. The summed E-state index contributed by atoms with van der Waals surface area (Å²) in [5.41, 5.74) is 11.1. The van der Waals surface area contributed by atoms with Crippen molar-refractivity contribution in [2.75, 3.05) is 26.2 Å². The molecule has 1 aromatic carbocycles. The van der Waals surface area contributed by atoms with E-state index < -0.39 is 0 Å². The number of carbonyl (C=O) groups is 1. The van der Waals surface area contributed by atoms with Crippen LogP contribution in [-0.2, 0) is 11.3 Å². The van der Waals surface area contributed by atoms with E-state index in [0.717, 1.165) is 36.3 Å². The molecule has 2 aromatic rings. The van der Waals surface area contributed by atoms with E-state index in [2.05, 4.69) is 33.2 Å². The molecule has 1 atom stereocenters. The molecule has 0 unspecified atom stereocenters. The molecule has 0 spiro atoms. The Morgan fingerprint density at radius 1 is 1.49 bits per heavy atom. The number of aliphatic imine (C=N–C) groups is 1. The highest BCUT2D eigenvalue weighted by atomic mass is 16.5. The molecule has 0 saturated carbocycles. The lowest BCUT2D eigenvalue weighted by Gasteiger charge is -2.35. The molecule has 0 radical (unpaired) electrons. The van der Waals surface area contributed by atoms with Gasteiger partial charge in [0, 0.05) is 50.1 Å². The number of fused-ring (bicyclic) bond motifs is 1. The van der Waals surface area contributed by atoms with Crippen LogP contribution in [0, 0.1) is 18.3 Å². The fourth-order valence-corrected chi connectivity index (χ4v) is 4.38. The van der Waals surface area contributed by atoms with Crippen LogP contribution in [0.5, 0.6) is 5.75 Å². The predicted octanol–water partition coefficient (Wildman–Crippen LogP) is 2.91. The number of piperazine rings is 1. The first kappa shape index (κ1) is 24.4. The van der Waals surface area contributed by atoms with Gasteiger partial charge in [0.25, 0.3) is 0 Å². The number of nitriles is 1. The molecular weight excluding hydrogens is 444 g/mol. The van der Waals surface area contributed by atoms with Crippen LogP contribution < -0.4 is 15.8 Å². The maximum Gasteiger partial charge on any atom is 0.338 e. The number of nitrogens with zero attached hydrogens (tertiary/aromatic N) is 4. The van der Waals surface area contributed by atoms with Crippen molar-refractivity contribution in [3.05, 3.63) is 64.0 Å². The minimum atomic E-state index is -0.246. The van der Waals surface area contributed by atoms with Gasteiger partial charge in [-0.05, 0) is 49.7 Å². The summed E-state index contributed by atoms with van der Waals surface area (Å²) >= 11 is 0. The molecule has 182 valence electrons. The van der Waals surface area contributed by atoms with Gasteiger partial charge >= 0.3 is 5.97 Å². The summed E-state index contributed by atoms with van der Waals surface area (Å²) in [5, 5.41) is 12.9. The smallest absolute Gasteiger partial charge is 0.338 e. The minimum Gasteiger partial charge on any atom is -0.489 e. The first-order chi connectivity index (χ1) is 16.9. The number of aromatic nitrogens is 1. The van der Waals surface area contributed by atoms with Crippen LogP contribution in [0.2, 0.25) is 0 Å². The Balaban J connectivity index is 1.44. The number of nitrogens with one attached hydrogen (secondary N) is 1. The first-order valence-corrected chi connectivity index (χ1v) is 11.7. The van der Waals surface area contributed by atoms with Crippen LogP contribution in [0.25, 0.3) is 0 Å². The molecule has 35 heavy (non-hydrogen) atoms. The second kappa shape index (κ2) is 10.7. The number of hydrogen-bond acceptors (Lipinski definition) is 9. The van der Waals surface area contributed by atoms with Gasteiger partial charge in [-0.3, -0.25) is 4.90 Å². The van der Waals surface area contributed by atoms with Gasteiger partial charge < -0.3 is 20.5 Å². The van der Waals surface area contributed by atoms with E-state index in [-0.39, 0.29) is 18.1 Å². The van der Waals surface area contributed by atoms with Gasteiger partial charge in [0.05, 0.1) is 17.9 Å². The molecule has 1 aromatic heterocycles. The van der Waals surface area contributed by atoms with Crippen LogP contribution >= 0.6 is 0 Å². The molecule has 9 nitrogen and oxygen atoms in total. The molecule has 3 N–H and O–H groups in total. The first-order valence-electron chi connectivity index (χ1n) is 11.7. The van der Waals surface area contributed by atoms with E-state index in [1.165, 1.54) is 11.8 Å². The number of hydrogen-bond donors (Lipinski definition) is 2. The van der Waals surface area contributed by atoms with Gasteiger partial charge in [-0.25, -0.2) is 14.8 Å². The Kier molecular flexibility index (Phi) is 7.44. The number of esters is 1. The summed E-state index contributed by atoms with van der Waals surface area (Å²) in [6.45, 7) is 9.32. The highest BCUT2D eigenvalue weighted by Gasteiger charge is 2.28. The second-order valence-corrected chi connectivity index (χ2v) is 8.94. The van der Waals surface area contributed by atoms with Crippen molar-refractivity contribution < 1.29 is 14.3 Å². The largest absolute Gasteiger partial charge is 0.489 e. The fraction of sp³-hybridized carbons (Fsp3) is 0.385. The highest BCUT2D eigenvalue weighted by molar-refractivity contribution is 5.94. The van der Waals surface area contributed by atoms with E-state index in [1.54, 1.807) is 18.5 Å². The average molecular weight is 475 g/mol. The third-order valence-electron chi connectivity index (χ3n) is 6.16. The quantitative estimate of drug-likeness (QED) is 0.463. The standard InChI is InChI=1S/C26H30N6O3/c1-16(2)35-24-8-25(31-12-19(24)10-28)30-11-18(9-27)13-32-7-6-29-23(14-32)20-4-5-21-22(17(20)3)15-34-26(21)33/h4-5,8-9,11-12,16,23,29H,6-7,13-15,27H2,1-3H3/t23-/m0/s1. The van der Waals surface area contributed by atoms with Gasteiger partial charge in [0.2, 0.25) is 0 Å². The lowest BCUT2D eigenvalue weighted by atomic mass is 9.93. The Labute approximate surface area is 205 Å². The van der Waals surface area contributed by atoms with Gasteiger partial charge in [-0.2, -0.15) is 5.26 Å². The Morgan fingerprint density at radius 3 is 3.06 bits per heavy atom. The summed E-state index contributed by atoms with van der Waals surface area (Å²) in [7, 11) is 0. The Bertz CT molecular complexity index is 1210. The highest BCUT2D eigenvalue weighted by Crippen LogP contribution is 2.30. The topological polar surface area (TPSA) is 126 Å².